The van der Waals surface area contributed by atoms with E-state index in [0.29, 0.717) is 22.9 Å². The molecule has 7 nitrogen and oxygen atoms in total. The summed E-state index contributed by atoms with van der Waals surface area (Å²) in [5.41, 5.74) is 1.74. The average molecular weight is 448 g/mol. The summed E-state index contributed by atoms with van der Waals surface area (Å²) >= 11 is 0. The molecule has 0 radical (unpaired) electrons. The maximum Gasteiger partial charge on any atom is 0.323 e. The van der Waals surface area contributed by atoms with Crippen LogP contribution in [0.25, 0.3) is 11.3 Å². The van der Waals surface area contributed by atoms with Gasteiger partial charge in [0.1, 0.15) is 11.6 Å². The van der Waals surface area contributed by atoms with E-state index in [1.165, 1.54) is 18.2 Å². The number of hydrogen-bond acceptors (Lipinski definition) is 4. The molecule has 0 saturated carbocycles. The lowest BCUT2D eigenvalue weighted by Crippen LogP contribution is -2.41. The summed E-state index contributed by atoms with van der Waals surface area (Å²) in [7, 11) is 0. The lowest BCUT2D eigenvalue weighted by atomic mass is 10.1. The van der Waals surface area contributed by atoms with Gasteiger partial charge in [-0.05, 0) is 67.4 Å². The molecule has 0 unspecified atom stereocenters. The summed E-state index contributed by atoms with van der Waals surface area (Å²) in [6.45, 7) is 3.76. The van der Waals surface area contributed by atoms with Crippen molar-refractivity contribution in [1.29, 1.82) is 0 Å². The van der Waals surface area contributed by atoms with E-state index in [9.17, 15) is 14.0 Å². The Bertz CT molecular complexity index is 1150. The molecule has 6 rings (SSSR count). The van der Waals surface area contributed by atoms with E-state index in [1.54, 1.807) is 30.3 Å². The number of benzene rings is 2. The van der Waals surface area contributed by atoms with Crippen LogP contribution < -0.4 is 10.6 Å². The van der Waals surface area contributed by atoms with Gasteiger partial charge in [-0.2, -0.15) is 0 Å². The first-order valence-electron chi connectivity index (χ1n) is 11.1. The second-order valence-electron chi connectivity index (χ2n) is 8.40. The van der Waals surface area contributed by atoms with Crippen molar-refractivity contribution < 1.29 is 18.4 Å². The van der Waals surface area contributed by atoms with Crippen molar-refractivity contribution in [2.75, 3.05) is 36.8 Å². The van der Waals surface area contributed by atoms with Crippen molar-refractivity contribution in [3.05, 3.63) is 72.2 Å². The van der Waals surface area contributed by atoms with Gasteiger partial charge in [0, 0.05) is 49.2 Å². The Labute approximate surface area is 191 Å². The average Bonchev–Trinajstić information content (AvgIpc) is 3.12. The first-order chi connectivity index (χ1) is 16.0. The third-order valence-electron chi connectivity index (χ3n) is 6.24. The van der Waals surface area contributed by atoms with Gasteiger partial charge >= 0.3 is 6.03 Å². The Morgan fingerprint density at radius 1 is 0.879 bits per heavy atom. The molecule has 3 fully saturated rings. The van der Waals surface area contributed by atoms with Crippen molar-refractivity contribution in [1.82, 2.24) is 9.80 Å². The van der Waals surface area contributed by atoms with Crippen LogP contribution in [0.4, 0.5) is 20.6 Å². The number of nitrogens with zero attached hydrogens (tertiary/aromatic N) is 2. The van der Waals surface area contributed by atoms with Crippen molar-refractivity contribution in [3.8, 4) is 11.3 Å². The minimum absolute atomic E-state index is 0.0534. The van der Waals surface area contributed by atoms with Crippen LogP contribution in [0.2, 0.25) is 0 Å². The quantitative estimate of drug-likeness (QED) is 0.609. The molecule has 2 aromatic carbocycles. The lowest BCUT2D eigenvalue weighted by Gasteiger charge is -2.30. The molecule has 2 bridgehead atoms. The summed E-state index contributed by atoms with van der Waals surface area (Å²) in [6.07, 6.45) is 2.03. The summed E-state index contributed by atoms with van der Waals surface area (Å²) in [5, 5.41) is 5.29. The van der Waals surface area contributed by atoms with Crippen LogP contribution in [0.1, 0.15) is 23.4 Å². The van der Waals surface area contributed by atoms with E-state index in [-0.39, 0.29) is 11.9 Å². The SMILES string of the molecule is O=C(Nc1ccc(-c2ccc(C(=O)N3CCN4CCC3CC4)o2)cc1)Nc1cccc(F)c1. The molecular formula is C25H25FN4O3. The lowest BCUT2D eigenvalue weighted by molar-refractivity contribution is 0.0653. The topological polar surface area (TPSA) is 77.8 Å². The monoisotopic (exact) mass is 448 g/mol. The van der Waals surface area contributed by atoms with Gasteiger partial charge in [-0.15, -0.1) is 0 Å². The van der Waals surface area contributed by atoms with E-state index in [2.05, 4.69) is 15.5 Å². The first-order valence-corrected chi connectivity index (χ1v) is 11.1. The van der Waals surface area contributed by atoms with E-state index in [1.807, 2.05) is 17.0 Å². The second kappa shape index (κ2) is 9.07. The Morgan fingerprint density at radius 2 is 1.64 bits per heavy atom. The van der Waals surface area contributed by atoms with E-state index < -0.39 is 11.8 Å². The molecule has 33 heavy (non-hydrogen) atoms. The molecule has 3 amide bonds. The smallest absolute Gasteiger partial charge is 0.323 e. The van der Waals surface area contributed by atoms with Crippen LogP contribution in [-0.4, -0.2) is 54.0 Å². The van der Waals surface area contributed by atoms with Crippen molar-refractivity contribution in [2.45, 2.75) is 18.9 Å². The molecule has 4 heterocycles. The Hall–Kier alpha value is -3.65. The minimum Gasteiger partial charge on any atom is -0.451 e. The van der Waals surface area contributed by atoms with Gasteiger partial charge in [-0.25, -0.2) is 9.18 Å². The zero-order valence-corrected chi connectivity index (χ0v) is 18.1. The standard InChI is InChI=1S/C25H25FN4O3/c26-18-2-1-3-20(16-18)28-25(32)27-19-6-4-17(5-7-19)22-8-9-23(33-22)24(31)30-15-14-29-12-10-21(30)11-13-29/h1-9,16,21H,10-15H2,(H2,27,28,32). The molecule has 0 aliphatic carbocycles. The molecule has 0 atom stereocenters. The number of rotatable bonds is 4. The fourth-order valence-corrected chi connectivity index (χ4v) is 4.48. The summed E-state index contributed by atoms with van der Waals surface area (Å²) in [6, 6.07) is 16.1. The molecule has 170 valence electrons. The number of hydrogen-bond donors (Lipinski definition) is 2. The Kier molecular flexibility index (Phi) is 5.83. The predicted molar refractivity (Wildman–Crippen MR) is 124 cm³/mol. The summed E-state index contributed by atoms with van der Waals surface area (Å²) in [4.78, 5) is 29.6. The Morgan fingerprint density at radius 3 is 2.39 bits per heavy atom. The van der Waals surface area contributed by atoms with Crippen LogP contribution in [0.15, 0.2) is 65.1 Å². The number of amides is 3. The zero-order chi connectivity index (χ0) is 22.8. The third-order valence-corrected chi connectivity index (χ3v) is 6.24. The number of urea groups is 1. The number of anilines is 2. The zero-order valence-electron chi connectivity index (χ0n) is 18.1. The van der Waals surface area contributed by atoms with Gasteiger partial charge in [0.05, 0.1) is 0 Å². The highest BCUT2D eigenvalue weighted by atomic mass is 19.1. The fourth-order valence-electron chi connectivity index (χ4n) is 4.48. The van der Waals surface area contributed by atoms with Gasteiger partial charge in [0.15, 0.2) is 5.76 Å². The van der Waals surface area contributed by atoms with Crippen LogP contribution in [0, 0.1) is 5.82 Å². The highest BCUT2D eigenvalue weighted by Crippen LogP contribution is 2.27. The largest absolute Gasteiger partial charge is 0.451 e. The van der Waals surface area contributed by atoms with Crippen molar-refractivity contribution in [2.24, 2.45) is 0 Å². The highest BCUT2D eigenvalue weighted by Gasteiger charge is 2.33. The predicted octanol–water partition coefficient (Wildman–Crippen LogP) is 4.65. The molecule has 3 saturated heterocycles. The second-order valence-corrected chi connectivity index (χ2v) is 8.40. The number of fused-ring (bicyclic) bond motifs is 4. The number of carbonyl (C=O) groups excluding carboxylic acids is 2. The van der Waals surface area contributed by atoms with Gasteiger partial charge in [-0.1, -0.05) is 6.07 Å². The van der Waals surface area contributed by atoms with Gasteiger partial charge in [-0.3, -0.25) is 4.79 Å². The maximum absolute atomic E-state index is 13.3. The van der Waals surface area contributed by atoms with E-state index in [0.717, 1.165) is 44.6 Å². The maximum atomic E-state index is 13.3. The highest BCUT2D eigenvalue weighted by molar-refractivity contribution is 5.99. The molecule has 1 aromatic heterocycles. The molecule has 3 aliphatic heterocycles. The van der Waals surface area contributed by atoms with E-state index in [4.69, 9.17) is 4.42 Å². The van der Waals surface area contributed by atoms with Crippen molar-refractivity contribution >= 4 is 23.3 Å². The van der Waals surface area contributed by atoms with E-state index >= 15 is 0 Å². The molecular weight excluding hydrogens is 423 g/mol. The Balaban J connectivity index is 1.22. The summed E-state index contributed by atoms with van der Waals surface area (Å²) in [5.74, 6) is 0.468. The number of carbonyl (C=O) groups is 2. The van der Waals surface area contributed by atoms with Gasteiger partial charge < -0.3 is 24.9 Å². The number of nitrogens with one attached hydrogen (secondary N) is 2. The number of furan rings is 1. The number of halogens is 1. The molecule has 0 spiro atoms. The third kappa shape index (κ3) is 4.75. The summed E-state index contributed by atoms with van der Waals surface area (Å²) < 4.78 is 19.2. The molecule has 3 aromatic rings. The first kappa shape index (κ1) is 21.2. The normalized spacial score (nSPS) is 19.7. The van der Waals surface area contributed by atoms with Gasteiger partial charge in [0.25, 0.3) is 5.91 Å². The van der Waals surface area contributed by atoms with Crippen LogP contribution >= 0.6 is 0 Å². The van der Waals surface area contributed by atoms with Crippen LogP contribution in [0.5, 0.6) is 0 Å². The van der Waals surface area contributed by atoms with Gasteiger partial charge in [0.2, 0.25) is 0 Å². The fraction of sp³-hybridized carbons (Fsp3) is 0.280. The van der Waals surface area contributed by atoms with Crippen LogP contribution in [-0.2, 0) is 0 Å². The molecule has 8 heteroatoms. The molecule has 3 aliphatic rings. The van der Waals surface area contributed by atoms with Crippen LogP contribution in [0.3, 0.4) is 0 Å². The minimum atomic E-state index is -0.470. The van der Waals surface area contributed by atoms with Crippen molar-refractivity contribution in [3.63, 3.8) is 0 Å². The molecule has 2 N–H and O–H groups in total. The number of piperidine rings is 1.